The summed E-state index contributed by atoms with van der Waals surface area (Å²) < 4.78 is 26.6. The number of hydrogen-bond donors (Lipinski definition) is 0. The van der Waals surface area contributed by atoms with E-state index in [0.29, 0.717) is 0 Å². The zero-order valence-corrected chi connectivity index (χ0v) is 8.58. The first kappa shape index (κ1) is 11.1. The standard InChI is InChI=1S/C12H6F2N2O/c13-8-2-1-7(6-15)9(5-8)12-11(14)10(17)3-4-16-12/h1-2,4-5H,3H2. The predicted octanol–water partition coefficient (Wildman–Crippen LogP) is 2.38. The monoisotopic (exact) mass is 232 g/mol. The molecule has 1 aliphatic heterocycles. The van der Waals surface area contributed by atoms with Crippen LogP contribution in [0.1, 0.15) is 17.5 Å². The van der Waals surface area contributed by atoms with Gasteiger partial charge in [-0.25, -0.2) is 8.78 Å². The Bertz CT molecular complexity index is 597. The molecule has 0 fully saturated rings. The number of hydrogen-bond acceptors (Lipinski definition) is 3. The van der Waals surface area contributed by atoms with Gasteiger partial charge in [-0.3, -0.25) is 9.79 Å². The molecule has 3 nitrogen and oxygen atoms in total. The molecule has 0 radical (unpaired) electrons. The molecule has 2 rings (SSSR count). The number of aliphatic imine (C=N–C) groups is 1. The summed E-state index contributed by atoms with van der Waals surface area (Å²) in [6.07, 6.45) is 1.12. The van der Waals surface area contributed by atoms with Gasteiger partial charge >= 0.3 is 0 Å². The maximum Gasteiger partial charge on any atom is 0.198 e. The van der Waals surface area contributed by atoms with Crippen LogP contribution in [0.5, 0.6) is 0 Å². The Morgan fingerprint density at radius 1 is 1.35 bits per heavy atom. The molecule has 0 spiro atoms. The molecular formula is C12H6F2N2O. The van der Waals surface area contributed by atoms with E-state index in [4.69, 9.17) is 5.26 Å². The largest absolute Gasteiger partial charge is 0.291 e. The van der Waals surface area contributed by atoms with Gasteiger partial charge in [0.15, 0.2) is 11.6 Å². The minimum atomic E-state index is -1.03. The van der Waals surface area contributed by atoms with Crippen molar-refractivity contribution in [1.82, 2.24) is 0 Å². The Hall–Kier alpha value is -2.35. The summed E-state index contributed by atoms with van der Waals surface area (Å²) in [7, 11) is 0. The third-order valence-corrected chi connectivity index (χ3v) is 2.31. The van der Waals surface area contributed by atoms with Gasteiger partial charge < -0.3 is 0 Å². The van der Waals surface area contributed by atoms with Crippen LogP contribution in [-0.4, -0.2) is 12.0 Å². The lowest BCUT2D eigenvalue weighted by molar-refractivity contribution is -0.115. The molecule has 1 aliphatic rings. The van der Waals surface area contributed by atoms with Gasteiger partial charge in [0, 0.05) is 18.2 Å². The van der Waals surface area contributed by atoms with Crippen LogP contribution in [0.4, 0.5) is 8.78 Å². The van der Waals surface area contributed by atoms with Crippen LogP contribution >= 0.6 is 0 Å². The fourth-order valence-corrected chi connectivity index (χ4v) is 1.50. The highest BCUT2D eigenvalue weighted by atomic mass is 19.1. The van der Waals surface area contributed by atoms with Crippen molar-refractivity contribution in [3.8, 4) is 6.07 Å². The second-order valence-corrected chi connectivity index (χ2v) is 3.40. The third kappa shape index (κ3) is 1.97. The van der Waals surface area contributed by atoms with Crippen LogP contribution in [0.2, 0.25) is 0 Å². The molecule has 0 saturated heterocycles. The Kier molecular flexibility index (Phi) is 2.79. The van der Waals surface area contributed by atoms with Crippen molar-refractivity contribution in [2.24, 2.45) is 4.99 Å². The van der Waals surface area contributed by atoms with E-state index < -0.39 is 17.4 Å². The summed E-state index contributed by atoms with van der Waals surface area (Å²) in [6, 6.07) is 5.11. The number of halogens is 2. The first-order chi connectivity index (χ1) is 8.13. The number of allylic oxidation sites excluding steroid dienone is 1. The summed E-state index contributed by atoms with van der Waals surface area (Å²) in [4.78, 5) is 14.9. The fraction of sp³-hybridized carbons (Fsp3) is 0.0833. The van der Waals surface area contributed by atoms with Gasteiger partial charge in [0.05, 0.1) is 11.6 Å². The number of nitrogens with zero attached hydrogens (tertiary/aromatic N) is 2. The molecular weight excluding hydrogens is 226 g/mol. The van der Waals surface area contributed by atoms with Crippen molar-refractivity contribution in [2.45, 2.75) is 6.42 Å². The average molecular weight is 232 g/mol. The number of ketones is 1. The van der Waals surface area contributed by atoms with E-state index in [9.17, 15) is 13.6 Å². The van der Waals surface area contributed by atoms with Gasteiger partial charge in [0.1, 0.15) is 11.5 Å². The second-order valence-electron chi connectivity index (χ2n) is 3.40. The van der Waals surface area contributed by atoms with Crippen LogP contribution in [0, 0.1) is 17.1 Å². The fourth-order valence-electron chi connectivity index (χ4n) is 1.50. The van der Waals surface area contributed by atoms with E-state index >= 15 is 0 Å². The van der Waals surface area contributed by atoms with Crippen molar-refractivity contribution in [3.63, 3.8) is 0 Å². The molecule has 0 unspecified atom stereocenters. The minimum absolute atomic E-state index is 0.00528. The maximum atomic E-state index is 13.6. The van der Waals surface area contributed by atoms with Gasteiger partial charge in [0.25, 0.3) is 0 Å². The Balaban J connectivity index is 2.66. The van der Waals surface area contributed by atoms with E-state index in [1.165, 1.54) is 12.3 Å². The van der Waals surface area contributed by atoms with Crippen molar-refractivity contribution >= 4 is 17.7 Å². The number of rotatable bonds is 1. The average Bonchev–Trinajstić information content (AvgIpc) is 2.33. The third-order valence-electron chi connectivity index (χ3n) is 2.31. The van der Waals surface area contributed by atoms with Crippen LogP contribution in [0.25, 0.3) is 5.70 Å². The summed E-state index contributed by atoms with van der Waals surface area (Å²) >= 11 is 0. The van der Waals surface area contributed by atoms with E-state index in [0.717, 1.165) is 12.1 Å². The molecule has 0 saturated carbocycles. The predicted molar refractivity (Wildman–Crippen MR) is 57.3 cm³/mol. The molecule has 1 aromatic carbocycles. The SMILES string of the molecule is N#Cc1ccc(F)cc1C1=C(F)C(=O)CC=N1. The van der Waals surface area contributed by atoms with Crippen molar-refractivity contribution in [3.05, 3.63) is 41.0 Å². The smallest absolute Gasteiger partial charge is 0.198 e. The first-order valence-corrected chi connectivity index (χ1v) is 4.79. The summed E-state index contributed by atoms with van der Waals surface area (Å²) in [5.74, 6) is -2.37. The van der Waals surface area contributed by atoms with Gasteiger partial charge in [-0.2, -0.15) is 5.26 Å². The van der Waals surface area contributed by atoms with Crippen molar-refractivity contribution < 1.29 is 13.6 Å². The topological polar surface area (TPSA) is 53.2 Å². The molecule has 0 aliphatic carbocycles. The van der Waals surface area contributed by atoms with Crippen LogP contribution in [-0.2, 0) is 4.79 Å². The maximum absolute atomic E-state index is 13.6. The van der Waals surface area contributed by atoms with E-state index in [1.54, 1.807) is 6.07 Å². The van der Waals surface area contributed by atoms with E-state index in [1.807, 2.05) is 0 Å². The highest BCUT2D eigenvalue weighted by Crippen LogP contribution is 2.28. The normalized spacial score (nSPS) is 15.0. The molecule has 0 atom stereocenters. The van der Waals surface area contributed by atoms with Gasteiger partial charge in [-0.1, -0.05) is 0 Å². The Labute approximate surface area is 95.7 Å². The van der Waals surface area contributed by atoms with Gasteiger partial charge in [0.2, 0.25) is 0 Å². The molecule has 0 amide bonds. The Morgan fingerprint density at radius 2 is 2.12 bits per heavy atom. The quantitative estimate of drug-likeness (QED) is 0.746. The number of Topliss-reactive ketones (excluding diaryl/α,β-unsaturated/α-hetero) is 1. The zero-order chi connectivity index (χ0) is 12.4. The lowest BCUT2D eigenvalue weighted by Gasteiger charge is -2.09. The Morgan fingerprint density at radius 3 is 2.82 bits per heavy atom. The molecule has 0 aromatic heterocycles. The van der Waals surface area contributed by atoms with Crippen LogP contribution in [0.3, 0.4) is 0 Å². The lowest BCUT2D eigenvalue weighted by Crippen LogP contribution is -2.07. The minimum Gasteiger partial charge on any atom is -0.291 e. The van der Waals surface area contributed by atoms with Crippen LogP contribution < -0.4 is 0 Å². The number of carbonyl (C=O) groups excluding carboxylic acids is 1. The molecule has 0 N–H and O–H groups in total. The van der Waals surface area contributed by atoms with E-state index in [2.05, 4.69) is 4.99 Å². The highest BCUT2D eigenvalue weighted by Gasteiger charge is 2.21. The molecule has 1 aromatic rings. The van der Waals surface area contributed by atoms with Crippen molar-refractivity contribution in [2.75, 3.05) is 0 Å². The zero-order valence-electron chi connectivity index (χ0n) is 8.58. The lowest BCUT2D eigenvalue weighted by atomic mass is 10.0. The van der Waals surface area contributed by atoms with E-state index in [-0.39, 0.29) is 23.2 Å². The van der Waals surface area contributed by atoms with Crippen LogP contribution in [0.15, 0.2) is 29.0 Å². The summed E-state index contributed by atoms with van der Waals surface area (Å²) in [6.45, 7) is 0. The molecule has 84 valence electrons. The number of nitriles is 1. The van der Waals surface area contributed by atoms with Gasteiger partial charge in [-0.05, 0) is 18.2 Å². The molecule has 5 heteroatoms. The van der Waals surface area contributed by atoms with Crippen molar-refractivity contribution in [1.29, 1.82) is 5.26 Å². The number of benzene rings is 1. The highest BCUT2D eigenvalue weighted by molar-refractivity contribution is 6.10. The molecule has 17 heavy (non-hydrogen) atoms. The molecule has 0 bridgehead atoms. The number of carbonyl (C=O) groups is 1. The second kappa shape index (κ2) is 4.26. The van der Waals surface area contributed by atoms with Gasteiger partial charge in [-0.15, -0.1) is 0 Å². The summed E-state index contributed by atoms with van der Waals surface area (Å²) in [5.41, 5.74) is -0.213. The summed E-state index contributed by atoms with van der Waals surface area (Å²) in [5, 5.41) is 8.84. The molecule has 1 heterocycles. The first-order valence-electron chi connectivity index (χ1n) is 4.79.